The number of fused-ring (bicyclic) bond motifs is 1. The number of pyridine rings is 1. The minimum absolute atomic E-state index is 0. The maximum atomic E-state index is 13.3. The van der Waals surface area contributed by atoms with Gasteiger partial charge in [-0.25, -0.2) is 9.07 Å². The first kappa shape index (κ1) is 20.0. The van der Waals surface area contributed by atoms with Crippen LogP contribution >= 0.6 is 12.4 Å². The van der Waals surface area contributed by atoms with Gasteiger partial charge in [-0.3, -0.25) is 9.88 Å². The van der Waals surface area contributed by atoms with E-state index < -0.39 is 0 Å². The molecule has 152 valence electrons. The average Bonchev–Trinajstić information content (AvgIpc) is 3.34. The minimum Gasteiger partial charge on any atom is -0.314 e. The maximum absolute atomic E-state index is 13.3. The number of nitrogens with one attached hydrogen (secondary N) is 1. The predicted octanol–water partition coefficient (Wildman–Crippen LogP) is 3.46. The molecule has 1 aliphatic carbocycles. The van der Waals surface area contributed by atoms with Crippen LogP contribution in [0.5, 0.6) is 0 Å². The van der Waals surface area contributed by atoms with E-state index in [0.717, 1.165) is 56.8 Å². The van der Waals surface area contributed by atoms with Gasteiger partial charge in [0, 0.05) is 50.3 Å². The molecule has 2 aromatic heterocycles. The average molecular weight is 414 g/mol. The van der Waals surface area contributed by atoms with Crippen molar-refractivity contribution in [3.8, 4) is 5.69 Å². The van der Waals surface area contributed by atoms with Crippen LogP contribution in [0.4, 0.5) is 4.39 Å². The van der Waals surface area contributed by atoms with Gasteiger partial charge in [0.2, 0.25) is 0 Å². The molecule has 0 radical (unpaired) electrons. The smallest absolute Gasteiger partial charge is 0.123 e. The highest BCUT2D eigenvalue weighted by atomic mass is 35.5. The number of benzene rings is 1. The Kier molecular flexibility index (Phi) is 5.94. The molecule has 3 aromatic rings. The summed E-state index contributed by atoms with van der Waals surface area (Å²) < 4.78 is 15.4. The lowest BCUT2D eigenvalue weighted by Crippen LogP contribution is -2.45. The molecule has 1 saturated heterocycles. The van der Waals surface area contributed by atoms with Crippen molar-refractivity contribution in [2.45, 2.75) is 31.8 Å². The van der Waals surface area contributed by atoms with E-state index in [9.17, 15) is 4.39 Å². The Morgan fingerprint density at radius 3 is 2.79 bits per heavy atom. The summed E-state index contributed by atoms with van der Waals surface area (Å²) in [6, 6.07) is 11.1. The van der Waals surface area contributed by atoms with Crippen molar-refractivity contribution in [1.82, 2.24) is 25.0 Å². The number of piperazine rings is 1. The number of hydrogen-bond donors (Lipinski definition) is 1. The molecule has 29 heavy (non-hydrogen) atoms. The molecule has 1 N–H and O–H groups in total. The molecule has 1 aromatic carbocycles. The number of hydrogen-bond acceptors (Lipinski definition) is 4. The number of nitrogens with zero attached hydrogens (tertiary/aromatic N) is 4. The summed E-state index contributed by atoms with van der Waals surface area (Å²) in [5.41, 5.74) is 6.01. The second-order valence-electron chi connectivity index (χ2n) is 7.59. The van der Waals surface area contributed by atoms with Crippen LogP contribution in [-0.4, -0.2) is 39.3 Å². The Morgan fingerprint density at radius 2 is 2.00 bits per heavy atom. The molecule has 7 heteroatoms. The topological polar surface area (TPSA) is 46.0 Å². The number of rotatable bonds is 4. The van der Waals surface area contributed by atoms with Crippen LogP contribution in [0, 0.1) is 5.82 Å². The zero-order chi connectivity index (χ0) is 18.9. The highest BCUT2D eigenvalue weighted by Crippen LogP contribution is 2.31. The van der Waals surface area contributed by atoms with Gasteiger partial charge in [-0.15, -0.1) is 12.4 Å². The van der Waals surface area contributed by atoms with Crippen molar-refractivity contribution in [3.63, 3.8) is 0 Å². The zero-order valence-corrected chi connectivity index (χ0v) is 17.0. The minimum atomic E-state index is -0.215. The summed E-state index contributed by atoms with van der Waals surface area (Å²) in [5, 5.41) is 8.48. The Balaban J connectivity index is 0.00000205. The number of aromatic nitrogens is 3. The molecule has 1 atom stereocenters. The van der Waals surface area contributed by atoms with Gasteiger partial charge >= 0.3 is 0 Å². The normalized spacial score (nSPS) is 19.0. The van der Waals surface area contributed by atoms with Gasteiger partial charge in [-0.2, -0.15) is 5.10 Å². The van der Waals surface area contributed by atoms with E-state index in [-0.39, 0.29) is 18.2 Å². The van der Waals surface area contributed by atoms with E-state index in [4.69, 9.17) is 5.10 Å². The summed E-state index contributed by atoms with van der Waals surface area (Å²) in [5.74, 6) is -0.215. The fourth-order valence-electron chi connectivity index (χ4n) is 4.47. The molecule has 0 saturated carbocycles. The molecular weight excluding hydrogens is 389 g/mol. The Bertz CT molecular complexity index is 957. The third kappa shape index (κ3) is 3.92. The molecular formula is C22H25ClFN5. The van der Waals surface area contributed by atoms with Gasteiger partial charge < -0.3 is 5.32 Å². The van der Waals surface area contributed by atoms with E-state index in [1.165, 1.54) is 29.0 Å². The summed E-state index contributed by atoms with van der Waals surface area (Å²) in [6.45, 7) is 3.72. The molecule has 1 fully saturated rings. The monoisotopic (exact) mass is 413 g/mol. The maximum Gasteiger partial charge on any atom is 0.123 e. The first-order valence-electron chi connectivity index (χ1n) is 10.00. The van der Waals surface area contributed by atoms with Crippen LogP contribution in [0.25, 0.3) is 5.69 Å². The highest BCUT2D eigenvalue weighted by Gasteiger charge is 2.28. The van der Waals surface area contributed by atoms with Crippen molar-refractivity contribution in [2.75, 3.05) is 19.6 Å². The lowest BCUT2D eigenvalue weighted by atomic mass is 10.0. The van der Waals surface area contributed by atoms with Crippen molar-refractivity contribution >= 4 is 12.4 Å². The summed E-state index contributed by atoms with van der Waals surface area (Å²) in [7, 11) is 0. The lowest BCUT2D eigenvalue weighted by molar-refractivity contribution is 0.151. The fourth-order valence-corrected chi connectivity index (χ4v) is 4.47. The summed E-state index contributed by atoms with van der Waals surface area (Å²) in [6.07, 6.45) is 7.06. The van der Waals surface area contributed by atoms with E-state index in [1.807, 2.05) is 35.3 Å². The fraction of sp³-hybridized carbons (Fsp3) is 0.364. The third-order valence-electron chi connectivity index (χ3n) is 5.86. The van der Waals surface area contributed by atoms with E-state index in [1.54, 1.807) is 0 Å². The van der Waals surface area contributed by atoms with Crippen molar-refractivity contribution < 1.29 is 4.39 Å². The standard InChI is InChI=1S/C22H24FN5.ClH/c23-17-6-8-18(9-7-17)28-21-5-1-4-19(21)20(26-28)15-27-12-11-25-14-22(27)16-3-2-10-24-13-16;/h2-3,6-10,13,22,25H,1,4-5,11-12,14-15H2;1H. The molecule has 3 heterocycles. The SMILES string of the molecule is Cl.Fc1ccc(-n2nc(CN3CCNCC3c3cccnc3)c3c2CCC3)cc1. The summed E-state index contributed by atoms with van der Waals surface area (Å²) in [4.78, 5) is 6.81. The predicted molar refractivity (Wildman–Crippen MR) is 113 cm³/mol. The summed E-state index contributed by atoms with van der Waals surface area (Å²) >= 11 is 0. The van der Waals surface area contributed by atoms with Crippen LogP contribution in [0.3, 0.4) is 0 Å². The molecule has 0 bridgehead atoms. The van der Waals surface area contributed by atoms with Crippen LogP contribution < -0.4 is 5.32 Å². The van der Waals surface area contributed by atoms with Gasteiger partial charge in [0.1, 0.15) is 5.82 Å². The third-order valence-corrected chi connectivity index (χ3v) is 5.86. The van der Waals surface area contributed by atoms with E-state index >= 15 is 0 Å². The quantitative estimate of drug-likeness (QED) is 0.711. The van der Waals surface area contributed by atoms with Crippen LogP contribution in [0.2, 0.25) is 0 Å². The molecule has 5 nitrogen and oxygen atoms in total. The lowest BCUT2D eigenvalue weighted by Gasteiger charge is -2.36. The van der Waals surface area contributed by atoms with Crippen molar-refractivity contribution in [2.24, 2.45) is 0 Å². The first-order valence-corrected chi connectivity index (χ1v) is 10.00. The Labute approximate surface area is 176 Å². The highest BCUT2D eigenvalue weighted by molar-refractivity contribution is 5.85. The van der Waals surface area contributed by atoms with Crippen molar-refractivity contribution in [3.05, 3.63) is 77.1 Å². The largest absolute Gasteiger partial charge is 0.314 e. The van der Waals surface area contributed by atoms with Gasteiger partial charge in [-0.1, -0.05) is 6.07 Å². The number of halogens is 2. The second kappa shape index (κ2) is 8.61. The molecule has 5 rings (SSSR count). The van der Waals surface area contributed by atoms with Gasteiger partial charge in [0.15, 0.2) is 0 Å². The van der Waals surface area contributed by atoms with Gasteiger partial charge in [-0.05, 0) is 60.7 Å². The van der Waals surface area contributed by atoms with Crippen molar-refractivity contribution in [1.29, 1.82) is 0 Å². The van der Waals surface area contributed by atoms with Gasteiger partial charge in [0.25, 0.3) is 0 Å². The molecule has 1 unspecified atom stereocenters. The molecule has 1 aliphatic heterocycles. The van der Waals surface area contributed by atoms with E-state index in [0.29, 0.717) is 6.04 Å². The van der Waals surface area contributed by atoms with Crippen LogP contribution in [0.15, 0.2) is 48.8 Å². The Hall–Kier alpha value is -2.28. The van der Waals surface area contributed by atoms with Gasteiger partial charge in [0.05, 0.1) is 11.4 Å². The molecule has 0 amide bonds. The first-order chi connectivity index (χ1) is 13.8. The van der Waals surface area contributed by atoms with E-state index in [2.05, 4.69) is 21.3 Å². The van der Waals surface area contributed by atoms with Crippen LogP contribution in [0.1, 0.15) is 35.0 Å². The zero-order valence-electron chi connectivity index (χ0n) is 16.2. The molecule has 0 spiro atoms. The Morgan fingerprint density at radius 1 is 1.14 bits per heavy atom. The van der Waals surface area contributed by atoms with Crippen LogP contribution in [-0.2, 0) is 19.4 Å². The molecule has 2 aliphatic rings. The second-order valence-corrected chi connectivity index (χ2v) is 7.59.